The first-order chi connectivity index (χ1) is 12.1. The summed E-state index contributed by atoms with van der Waals surface area (Å²) in [6, 6.07) is 18.0. The van der Waals surface area contributed by atoms with Crippen LogP contribution < -0.4 is 5.32 Å². The second-order valence-corrected chi connectivity index (χ2v) is 6.84. The van der Waals surface area contributed by atoms with Crippen LogP contribution in [0.25, 0.3) is 5.69 Å². The Bertz CT molecular complexity index is 909. The van der Waals surface area contributed by atoms with Crippen molar-refractivity contribution in [2.45, 2.75) is 12.1 Å². The van der Waals surface area contributed by atoms with Crippen LogP contribution in [0.3, 0.4) is 0 Å². The third-order valence-electron chi connectivity index (χ3n) is 4.51. The molecular weight excluding hydrogens is 352 g/mol. The van der Waals surface area contributed by atoms with Crippen molar-refractivity contribution in [1.82, 2.24) is 19.8 Å². The van der Waals surface area contributed by atoms with Crippen molar-refractivity contribution in [3.05, 3.63) is 83.4 Å². The molecule has 0 bridgehead atoms. The Morgan fingerprint density at radius 2 is 2.00 bits per heavy atom. The Morgan fingerprint density at radius 3 is 2.76 bits per heavy atom. The fourth-order valence-electron chi connectivity index (χ4n) is 3.32. The minimum absolute atomic E-state index is 0.00784. The molecule has 4 rings (SSSR count). The summed E-state index contributed by atoms with van der Waals surface area (Å²) in [6.45, 7) is 0. The van der Waals surface area contributed by atoms with Crippen molar-refractivity contribution < 1.29 is 0 Å². The highest BCUT2D eigenvalue weighted by molar-refractivity contribution is 7.80. The van der Waals surface area contributed by atoms with Gasteiger partial charge in [0.15, 0.2) is 5.11 Å². The Morgan fingerprint density at radius 1 is 1.12 bits per heavy atom. The summed E-state index contributed by atoms with van der Waals surface area (Å²) in [6.07, 6.45) is 3.86. The maximum Gasteiger partial charge on any atom is 0.169 e. The highest BCUT2D eigenvalue weighted by atomic mass is 35.5. The molecule has 0 amide bonds. The van der Waals surface area contributed by atoms with Gasteiger partial charge in [0.05, 0.1) is 17.8 Å². The molecule has 1 aliphatic rings. The monoisotopic (exact) mass is 368 g/mol. The number of aromatic nitrogens is 2. The Labute approximate surface area is 157 Å². The number of hydrogen-bond donors (Lipinski definition) is 1. The molecule has 0 spiro atoms. The fraction of sp³-hybridized carbons (Fsp3) is 0.158. The molecule has 4 nitrogen and oxygen atoms in total. The number of halogens is 1. The summed E-state index contributed by atoms with van der Waals surface area (Å²) in [4.78, 5) is 6.62. The van der Waals surface area contributed by atoms with Crippen molar-refractivity contribution in [2.24, 2.45) is 0 Å². The number of nitrogens with one attached hydrogen (secondary N) is 1. The minimum atomic E-state index is -0.00784. The van der Waals surface area contributed by atoms with Crippen molar-refractivity contribution in [3.63, 3.8) is 0 Å². The molecule has 1 aliphatic heterocycles. The van der Waals surface area contributed by atoms with Gasteiger partial charge in [-0.15, -0.1) is 0 Å². The van der Waals surface area contributed by atoms with E-state index in [4.69, 9.17) is 23.8 Å². The van der Waals surface area contributed by atoms with E-state index in [2.05, 4.69) is 25.8 Å². The average Bonchev–Trinajstić information content (AvgIpc) is 3.21. The van der Waals surface area contributed by atoms with Crippen LogP contribution in [0.5, 0.6) is 0 Å². The third kappa shape index (κ3) is 2.90. The van der Waals surface area contributed by atoms with Gasteiger partial charge >= 0.3 is 0 Å². The van der Waals surface area contributed by atoms with Crippen LogP contribution >= 0.6 is 23.8 Å². The maximum atomic E-state index is 6.18. The van der Waals surface area contributed by atoms with Crippen LogP contribution in [0.15, 0.2) is 67.0 Å². The lowest BCUT2D eigenvalue weighted by Gasteiger charge is -2.25. The topological polar surface area (TPSA) is 33.1 Å². The normalized spacial score (nSPS) is 19.9. The van der Waals surface area contributed by atoms with E-state index >= 15 is 0 Å². The summed E-state index contributed by atoms with van der Waals surface area (Å²) in [5, 5.41) is 4.84. The summed E-state index contributed by atoms with van der Waals surface area (Å²) in [7, 11) is 2.01. The smallest absolute Gasteiger partial charge is 0.169 e. The van der Waals surface area contributed by atoms with E-state index < -0.39 is 0 Å². The zero-order valence-electron chi connectivity index (χ0n) is 13.6. The molecule has 25 heavy (non-hydrogen) atoms. The summed E-state index contributed by atoms with van der Waals surface area (Å²) < 4.78 is 2.15. The van der Waals surface area contributed by atoms with E-state index in [1.165, 1.54) is 0 Å². The van der Waals surface area contributed by atoms with E-state index in [9.17, 15) is 0 Å². The number of rotatable bonds is 3. The zero-order chi connectivity index (χ0) is 17.4. The van der Waals surface area contributed by atoms with Gasteiger partial charge in [0, 0.05) is 35.8 Å². The Kier molecular flexibility index (Phi) is 4.19. The first-order valence-electron chi connectivity index (χ1n) is 8.02. The number of likely N-dealkylation sites (N-methyl/N-ethyl adjacent to an activating group) is 1. The van der Waals surface area contributed by atoms with Gasteiger partial charge < -0.3 is 14.8 Å². The highest BCUT2D eigenvalue weighted by Crippen LogP contribution is 2.38. The first kappa shape index (κ1) is 16.1. The summed E-state index contributed by atoms with van der Waals surface area (Å²) in [5.41, 5.74) is 3.13. The molecule has 1 aromatic carbocycles. The van der Waals surface area contributed by atoms with E-state index in [0.717, 1.165) is 22.2 Å². The molecule has 0 unspecified atom stereocenters. The Hall–Kier alpha value is -2.37. The van der Waals surface area contributed by atoms with Crippen LogP contribution in [0.4, 0.5) is 0 Å². The molecule has 0 saturated carbocycles. The van der Waals surface area contributed by atoms with Crippen LogP contribution in [0, 0.1) is 0 Å². The molecule has 2 atom stereocenters. The maximum absolute atomic E-state index is 6.18. The van der Waals surface area contributed by atoms with E-state index in [1.54, 1.807) is 0 Å². The Balaban J connectivity index is 1.80. The third-order valence-corrected chi connectivity index (χ3v) is 5.15. The standard InChI is InChI=1S/C19H17ClN4S/c1-23-18(17(22-19(23)25)15-8-2-3-10-21-15)16-9-5-11-24(16)14-7-4-6-13(20)12-14/h2-12,17-18H,1H3,(H,22,25)/t17-,18-/m0/s1. The molecule has 3 aromatic rings. The summed E-state index contributed by atoms with van der Waals surface area (Å²) >= 11 is 11.7. The van der Waals surface area contributed by atoms with Crippen LogP contribution in [-0.4, -0.2) is 26.6 Å². The lowest BCUT2D eigenvalue weighted by atomic mass is 10.0. The van der Waals surface area contributed by atoms with Gasteiger partial charge in [0.25, 0.3) is 0 Å². The number of thiocarbonyl (C=S) groups is 1. The second-order valence-electron chi connectivity index (χ2n) is 6.02. The number of hydrogen-bond acceptors (Lipinski definition) is 2. The number of benzene rings is 1. The predicted octanol–water partition coefficient (Wildman–Crippen LogP) is 4.13. The highest BCUT2D eigenvalue weighted by Gasteiger charge is 2.39. The quantitative estimate of drug-likeness (QED) is 0.705. The molecular formula is C19H17ClN4S. The van der Waals surface area contributed by atoms with Crippen LogP contribution in [0.2, 0.25) is 5.02 Å². The molecule has 2 aromatic heterocycles. The molecule has 126 valence electrons. The lowest BCUT2D eigenvalue weighted by Crippen LogP contribution is -2.25. The van der Waals surface area contributed by atoms with Crippen molar-refractivity contribution in [1.29, 1.82) is 0 Å². The average molecular weight is 369 g/mol. The lowest BCUT2D eigenvalue weighted by molar-refractivity contribution is 0.357. The second kappa shape index (κ2) is 6.50. The van der Waals surface area contributed by atoms with E-state index in [-0.39, 0.29) is 12.1 Å². The first-order valence-corrected chi connectivity index (χ1v) is 8.81. The van der Waals surface area contributed by atoms with Crippen LogP contribution in [0.1, 0.15) is 23.5 Å². The predicted molar refractivity (Wildman–Crippen MR) is 104 cm³/mol. The van der Waals surface area contributed by atoms with Gasteiger partial charge in [-0.1, -0.05) is 23.7 Å². The van der Waals surface area contributed by atoms with Gasteiger partial charge in [0.1, 0.15) is 0 Å². The van der Waals surface area contributed by atoms with Gasteiger partial charge in [-0.25, -0.2) is 0 Å². The zero-order valence-corrected chi connectivity index (χ0v) is 15.2. The molecule has 1 fully saturated rings. The molecule has 1 N–H and O–H groups in total. The minimum Gasteiger partial charge on any atom is -0.352 e. The molecule has 1 saturated heterocycles. The SMILES string of the molecule is CN1C(=S)N[C@@H](c2ccccn2)[C@@H]1c1cccn1-c1cccc(Cl)c1. The number of nitrogens with zero attached hydrogens (tertiary/aromatic N) is 3. The van der Waals surface area contributed by atoms with Crippen molar-refractivity contribution >= 4 is 28.9 Å². The molecule has 6 heteroatoms. The largest absolute Gasteiger partial charge is 0.352 e. The van der Waals surface area contributed by atoms with Crippen molar-refractivity contribution in [2.75, 3.05) is 7.05 Å². The van der Waals surface area contributed by atoms with Crippen molar-refractivity contribution in [3.8, 4) is 5.69 Å². The van der Waals surface area contributed by atoms with Gasteiger partial charge in [-0.3, -0.25) is 4.98 Å². The van der Waals surface area contributed by atoms with E-state index in [0.29, 0.717) is 5.02 Å². The molecule has 3 heterocycles. The molecule has 0 aliphatic carbocycles. The van der Waals surface area contributed by atoms with E-state index in [1.807, 2.05) is 68.0 Å². The fourth-order valence-corrected chi connectivity index (χ4v) is 3.75. The molecule has 0 radical (unpaired) electrons. The van der Waals surface area contributed by atoms with Crippen LogP contribution in [-0.2, 0) is 0 Å². The van der Waals surface area contributed by atoms with Gasteiger partial charge in [-0.05, 0) is 54.7 Å². The van der Waals surface area contributed by atoms with Gasteiger partial charge in [-0.2, -0.15) is 0 Å². The van der Waals surface area contributed by atoms with Gasteiger partial charge in [0.2, 0.25) is 0 Å². The number of pyridine rings is 1. The summed E-state index contributed by atoms with van der Waals surface area (Å²) in [5.74, 6) is 0.